The smallest absolute Gasteiger partial charge is 0.243 e. The number of likely N-dealkylation sites (N-methyl/N-ethyl adjacent to an activating group) is 1. The zero-order chi connectivity index (χ0) is 22.2. The van der Waals surface area contributed by atoms with E-state index in [1.165, 1.54) is 7.05 Å². The van der Waals surface area contributed by atoms with Crippen LogP contribution in [0.1, 0.15) is 24.7 Å². The summed E-state index contributed by atoms with van der Waals surface area (Å²) in [6.45, 7) is 3.62. The summed E-state index contributed by atoms with van der Waals surface area (Å²) in [5.74, 6) is 0.770. The Morgan fingerprint density at radius 1 is 1.10 bits per heavy atom. The second-order valence-corrected chi connectivity index (χ2v) is 9.54. The van der Waals surface area contributed by atoms with Gasteiger partial charge in [-0.15, -0.1) is 10.2 Å². The second-order valence-electron chi connectivity index (χ2n) is 7.53. The van der Waals surface area contributed by atoms with Crippen molar-refractivity contribution < 1.29 is 13.5 Å². The van der Waals surface area contributed by atoms with Crippen molar-refractivity contribution in [3.63, 3.8) is 0 Å². The van der Waals surface area contributed by atoms with Crippen LogP contribution in [0.3, 0.4) is 0 Å². The van der Waals surface area contributed by atoms with Crippen molar-refractivity contribution in [2.24, 2.45) is 0 Å². The van der Waals surface area contributed by atoms with Crippen LogP contribution >= 0.6 is 0 Å². The minimum absolute atomic E-state index is 0.0280. The zero-order valence-electron chi connectivity index (χ0n) is 17.8. The van der Waals surface area contributed by atoms with E-state index in [0.717, 1.165) is 33.7 Å². The number of aliphatic hydroxyl groups excluding tert-OH is 1. The maximum Gasteiger partial charge on any atom is 0.243 e. The van der Waals surface area contributed by atoms with Gasteiger partial charge in [0.15, 0.2) is 11.5 Å². The lowest BCUT2D eigenvalue weighted by atomic mass is 10.0. The predicted octanol–water partition coefficient (Wildman–Crippen LogP) is 2.82. The van der Waals surface area contributed by atoms with Crippen LogP contribution in [0.15, 0.2) is 47.4 Å². The lowest BCUT2D eigenvalue weighted by molar-refractivity contribution is 0.266. The zero-order valence-corrected chi connectivity index (χ0v) is 18.6. The Labute approximate surface area is 181 Å². The van der Waals surface area contributed by atoms with Crippen LogP contribution in [0.5, 0.6) is 0 Å². The summed E-state index contributed by atoms with van der Waals surface area (Å²) in [5.41, 5.74) is 2.68. The fourth-order valence-electron chi connectivity index (χ4n) is 3.67. The van der Waals surface area contributed by atoms with Crippen molar-refractivity contribution in [2.75, 3.05) is 20.2 Å². The number of sulfonamides is 1. The molecule has 0 amide bonds. The molecule has 0 fully saturated rings. The van der Waals surface area contributed by atoms with E-state index in [-0.39, 0.29) is 18.0 Å². The van der Waals surface area contributed by atoms with Gasteiger partial charge in [-0.3, -0.25) is 0 Å². The maximum absolute atomic E-state index is 13.1. The molecule has 0 atom stereocenters. The maximum atomic E-state index is 13.1. The summed E-state index contributed by atoms with van der Waals surface area (Å²) in [5, 5.41) is 24.4. The topological polar surface area (TPSA) is 101 Å². The van der Waals surface area contributed by atoms with Crippen LogP contribution in [0.2, 0.25) is 0 Å². The van der Waals surface area contributed by atoms with Gasteiger partial charge in [0.25, 0.3) is 0 Å². The number of aryl methyl sites for hydroxylation is 2. The minimum Gasteiger partial charge on any atom is -0.395 e. The van der Waals surface area contributed by atoms with Crippen molar-refractivity contribution in [1.82, 2.24) is 24.1 Å². The fourth-order valence-corrected chi connectivity index (χ4v) is 5.08. The normalized spacial score (nSPS) is 12.3. The average Bonchev–Trinajstić information content (AvgIpc) is 3.17. The summed E-state index contributed by atoms with van der Waals surface area (Å²) < 4.78 is 29.1. The van der Waals surface area contributed by atoms with Crippen LogP contribution in [0, 0.1) is 6.92 Å². The Morgan fingerprint density at radius 3 is 2.55 bits per heavy atom. The number of hydrogen-bond donors (Lipinski definition) is 1. The summed E-state index contributed by atoms with van der Waals surface area (Å²) >= 11 is 0. The van der Waals surface area contributed by atoms with Crippen molar-refractivity contribution in [3.05, 3.63) is 53.9 Å². The largest absolute Gasteiger partial charge is 0.395 e. The minimum atomic E-state index is -3.75. The van der Waals surface area contributed by atoms with Gasteiger partial charge in [-0.05, 0) is 25.0 Å². The Balaban J connectivity index is 1.97. The molecule has 2 aromatic heterocycles. The lowest BCUT2D eigenvalue weighted by Crippen LogP contribution is -2.30. The molecule has 4 rings (SSSR count). The molecule has 0 aliphatic heterocycles. The van der Waals surface area contributed by atoms with E-state index < -0.39 is 10.0 Å². The van der Waals surface area contributed by atoms with Gasteiger partial charge in [0.1, 0.15) is 0 Å². The molecule has 0 bridgehead atoms. The van der Waals surface area contributed by atoms with Gasteiger partial charge in [-0.25, -0.2) is 8.42 Å². The van der Waals surface area contributed by atoms with Gasteiger partial charge < -0.3 is 5.11 Å². The van der Waals surface area contributed by atoms with Crippen molar-refractivity contribution in [3.8, 4) is 11.3 Å². The highest BCUT2D eigenvalue weighted by Gasteiger charge is 2.24. The summed E-state index contributed by atoms with van der Waals surface area (Å²) in [6, 6.07) is 13.1. The van der Waals surface area contributed by atoms with Crippen molar-refractivity contribution in [1.29, 1.82) is 0 Å². The van der Waals surface area contributed by atoms with Gasteiger partial charge in [-0.1, -0.05) is 43.3 Å². The van der Waals surface area contributed by atoms with Crippen LogP contribution in [0.4, 0.5) is 0 Å². The Morgan fingerprint density at radius 2 is 1.84 bits per heavy atom. The van der Waals surface area contributed by atoms with Gasteiger partial charge >= 0.3 is 0 Å². The Bertz CT molecular complexity index is 1360. The number of benzene rings is 2. The SMILES string of the molecule is CCCc1nnc2c3ccccc3c(-c3ccc(C)c(S(=O)(=O)N(C)CCO)c3)nn12. The molecule has 1 N–H and O–H groups in total. The molecular weight excluding hydrogens is 414 g/mol. The predicted molar refractivity (Wildman–Crippen MR) is 119 cm³/mol. The first-order valence-electron chi connectivity index (χ1n) is 10.2. The average molecular weight is 440 g/mol. The number of fused-ring (bicyclic) bond motifs is 3. The number of aromatic nitrogens is 4. The van der Waals surface area contributed by atoms with Gasteiger partial charge in [-0.2, -0.15) is 13.9 Å². The first-order chi connectivity index (χ1) is 14.9. The number of aliphatic hydroxyl groups is 1. The molecule has 0 spiro atoms. The monoisotopic (exact) mass is 439 g/mol. The third-order valence-electron chi connectivity index (χ3n) is 5.37. The third kappa shape index (κ3) is 3.69. The molecule has 4 aromatic rings. The van der Waals surface area contributed by atoms with E-state index in [9.17, 15) is 13.5 Å². The van der Waals surface area contributed by atoms with Gasteiger partial charge in [0.05, 0.1) is 17.2 Å². The number of nitrogens with zero attached hydrogens (tertiary/aromatic N) is 5. The fraction of sp³-hybridized carbons (Fsp3) is 0.318. The molecule has 9 heteroatoms. The summed E-state index contributed by atoms with van der Waals surface area (Å²) in [6.07, 6.45) is 1.65. The molecule has 0 radical (unpaired) electrons. The number of hydrogen-bond acceptors (Lipinski definition) is 6. The highest BCUT2D eigenvalue weighted by atomic mass is 32.2. The highest BCUT2D eigenvalue weighted by Crippen LogP contribution is 2.32. The van der Waals surface area contributed by atoms with E-state index in [0.29, 0.717) is 22.5 Å². The van der Waals surface area contributed by atoms with Crippen LogP contribution in [-0.2, 0) is 16.4 Å². The van der Waals surface area contributed by atoms with Gasteiger partial charge in [0, 0.05) is 36.3 Å². The summed E-state index contributed by atoms with van der Waals surface area (Å²) in [4.78, 5) is 0.199. The standard InChI is InChI=1S/C22H25N5O3S/c1-4-7-20-23-24-22-18-9-6-5-8-17(18)21(25-27(20)22)16-11-10-15(2)19(14-16)31(29,30)26(3)12-13-28/h5-6,8-11,14,28H,4,7,12-13H2,1-3H3. The molecular formula is C22H25N5O3S. The molecule has 2 aromatic carbocycles. The Kier molecular flexibility index (Phi) is 5.74. The van der Waals surface area contributed by atoms with E-state index in [2.05, 4.69) is 17.1 Å². The molecule has 0 saturated carbocycles. The van der Waals surface area contributed by atoms with Crippen molar-refractivity contribution in [2.45, 2.75) is 31.6 Å². The van der Waals surface area contributed by atoms with E-state index in [1.807, 2.05) is 30.3 Å². The lowest BCUT2D eigenvalue weighted by Gasteiger charge is -2.18. The molecule has 31 heavy (non-hydrogen) atoms. The molecule has 8 nitrogen and oxygen atoms in total. The van der Waals surface area contributed by atoms with Crippen molar-refractivity contribution >= 4 is 26.4 Å². The van der Waals surface area contributed by atoms with E-state index >= 15 is 0 Å². The molecule has 0 aliphatic rings. The number of rotatable bonds is 7. The van der Waals surface area contributed by atoms with Crippen LogP contribution in [-0.4, -0.2) is 57.8 Å². The molecule has 2 heterocycles. The Hall–Kier alpha value is -2.88. The molecule has 0 unspecified atom stereocenters. The highest BCUT2D eigenvalue weighted by molar-refractivity contribution is 7.89. The third-order valence-corrected chi connectivity index (χ3v) is 7.37. The van der Waals surface area contributed by atoms with E-state index in [1.54, 1.807) is 23.6 Å². The molecule has 0 saturated heterocycles. The van der Waals surface area contributed by atoms with Crippen LogP contribution < -0.4 is 0 Å². The summed E-state index contributed by atoms with van der Waals surface area (Å²) in [7, 11) is -2.29. The van der Waals surface area contributed by atoms with E-state index in [4.69, 9.17) is 5.10 Å². The molecule has 162 valence electrons. The van der Waals surface area contributed by atoms with Crippen LogP contribution in [0.25, 0.3) is 27.7 Å². The second kappa shape index (κ2) is 8.33. The van der Waals surface area contributed by atoms with Gasteiger partial charge in [0.2, 0.25) is 10.0 Å². The first-order valence-corrected chi connectivity index (χ1v) is 11.6. The molecule has 0 aliphatic carbocycles. The first kappa shape index (κ1) is 21.4. The quantitative estimate of drug-likeness (QED) is 0.475.